The van der Waals surface area contributed by atoms with E-state index in [-0.39, 0.29) is 0 Å². The van der Waals surface area contributed by atoms with Gasteiger partial charge in [0.1, 0.15) is 0 Å². The number of fused-ring (bicyclic) bond motifs is 3. The first-order chi connectivity index (χ1) is 13.8. The average molecular weight is 395 g/mol. The van der Waals surface area contributed by atoms with Crippen LogP contribution >= 0.6 is 11.3 Å². The molecule has 2 fully saturated rings. The molecule has 2 saturated heterocycles. The first-order valence-corrected chi connectivity index (χ1v) is 11.6. The zero-order valence-corrected chi connectivity index (χ0v) is 17.3. The van der Waals surface area contributed by atoms with Gasteiger partial charge in [0.15, 0.2) is 0 Å². The molecule has 0 radical (unpaired) electrons. The number of aliphatic hydroxyl groups is 1. The minimum Gasteiger partial charge on any atom is -0.396 e. The van der Waals surface area contributed by atoms with Crippen molar-refractivity contribution in [2.45, 2.75) is 38.3 Å². The molecule has 2 aliphatic rings. The molecule has 0 spiro atoms. The normalized spacial score (nSPS) is 23.0. The maximum atomic E-state index is 9.41. The van der Waals surface area contributed by atoms with Crippen LogP contribution in [0.15, 0.2) is 42.5 Å². The third kappa shape index (κ3) is 3.59. The number of rotatable bonds is 4. The third-order valence-electron chi connectivity index (χ3n) is 6.78. The Kier molecular flexibility index (Phi) is 5.38. The molecule has 28 heavy (non-hydrogen) atoms. The van der Waals surface area contributed by atoms with Gasteiger partial charge in [-0.2, -0.15) is 0 Å². The standard InChI is InChI=1S/C24H30N2OS/c27-17-18-10-13-26(14-11-18)20-6-4-12-25(16-20)15-19-5-3-8-22-21-7-1-2-9-23(21)28-24(19)22/h1-3,5,7-9,18,20,27H,4,6,10-17H2/t20-/m0/s1. The molecule has 2 aliphatic heterocycles. The maximum absolute atomic E-state index is 9.41. The number of thiophene rings is 1. The topological polar surface area (TPSA) is 26.7 Å². The highest BCUT2D eigenvalue weighted by Gasteiger charge is 2.28. The number of hydrogen-bond donors (Lipinski definition) is 1. The Morgan fingerprint density at radius 1 is 0.929 bits per heavy atom. The number of piperidine rings is 2. The Hall–Kier alpha value is -1.46. The summed E-state index contributed by atoms with van der Waals surface area (Å²) in [6, 6.07) is 16.3. The molecule has 3 heterocycles. The Morgan fingerprint density at radius 3 is 2.61 bits per heavy atom. The van der Waals surface area contributed by atoms with Gasteiger partial charge < -0.3 is 5.11 Å². The Bertz CT molecular complexity index is 944. The van der Waals surface area contributed by atoms with Crippen molar-refractivity contribution in [3.8, 4) is 0 Å². The Morgan fingerprint density at radius 2 is 1.75 bits per heavy atom. The fourth-order valence-electron chi connectivity index (χ4n) is 5.14. The van der Waals surface area contributed by atoms with Crippen molar-refractivity contribution in [1.82, 2.24) is 9.80 Å². The first-order valence-electron chi connectivity index (χ1n) is 10.8. The zero-order chi connectivity index (χ0) is 18.9. The lowest BCUT2D eigenvalue weighted by Gasteiger charge is -2.42. The van der Waals surface area contributed by atoms with Crippen LogP contribution in [0.2, 0.25) is 0 Å². The number of nitrogens with zero attached hydrogens (tertiary/aromatic N) is 2. The molecule has 0 amide bonds. The van der Waals surface area contributed by atoms with Crippen LogP contribution in [-0.2, 0) is 6.54 Å². The van der Waals surface area contributed by atoms with E-state index < -0.39 is 0 Å². The van der Waals surface area contributed by atoms with E-state index in [4.69, 9.17) is 0 Å². The van der Waals surface area contributed by atoms with Gasteiger partial charge in [0, 0.05) is 45.9 Å². The van der Waals surface area contributed by atoms with Crippen molar-refractivity contribution >= 4 is 31.5 Å². The molecule has 0 bridgehead atoms. The first kappa shape index (κ1) is 18.6. The molecule has 4 heteroatoms. The molecule has 0 unspecified atom stereocenters. The molecule has 148 valence electrons. The minimum atomic E-state index is 0.365. The van der Waals surface area contributed by atoms with Gasteiger partial charge in [-0.3, -0.25) is 9.80 Å². The van der Waals surface area contributed by atoms with Crippen LogP contribution in [0.4, 0.5) is 0 Å². The van der Waals surface area contributed by atoms with Crippen LogP contribution in [0.25, 0.3) is 20.2 Å². The van der Waals surface area contributed by atoms with E-state index in [0.717, 1.165) is 32.5 Å². The number of aliphatic hydroxyl groups excluding tert-OH is 1. The lowest BCUT2D eigenvalue weighted by Crippen LogP contribution is -2.50. The number of benzene rings is 2. The van der Waals surface area contributed by atoms with Crippen LogP contribution in [0.3, 0.4) is 0 Å². The third-order valence-corrected chi connectivity index (χ3v) is 8.05. The van der Waals surface area contributed by atoms with E-state index in [1.807, 2.05) is 11.3 Å². The van der Waals surface area contributed by atoms with E-state index >= 15 is 0 Å². The highest BCUT2D eigenvalue weighted by atomic mass is 32.1. The molecular formula is C24H30N2OS. The van der Waals surface area contributed by atoms with Crippen molar-refractivity contribution in [2.24, 2.45) is 5.92 Å². The summed E-state index contributed by atoms with van der Waals surface area (Å²) in [5.41, 5.74) is 1.48. The van der Waals surface area contributed by atoms with E-state index in [9.17, 15) is 5.11 Å². The van der Waals surface area contributed by atoms with Gasteiger partial charge in [-0.25, -0.2) is 0 Å². The molecule has 3 nitrogen and oxygen atoms in total. The van der Waals surface area contributed by atoms with Gasteiger partial charge in [0.25, 0.3) is 0 Å². The summed E-state index contributed by atoms with van der Waals surface area (Å²) in [7, 11) is 0. The second-order valence-electron chi connectivity index (χ2n) is 8.59. The van der Waals surface area contributed by atoms with E-state index in [2.05, 4.69) is 52.3 Å². The van der Waals surface area contributed by atoms with Gasteiger partial charge >= 0.3 is 0 Å². The van der Waals surface area contributed by atoms with Gasteiger partial charge in [-0.05, 0) is 62.9 Å². The number of hydrogen-bond acceptors (Lipinski definition) is 4. The van der Waals surface area contributed by atoms with Crippen LogP contribution in [0.1, 0.15) is 31.2 Å². The average Bonchev–Trinajstić information content (AvgIpc) is 3.14. The highest BCUT2D eigenvalue weighted by molar-refractivity contribution is 7.26. The number of likely N-dealkylation sites (tertiary alicyclic amines) is 2. The summed E-state index contributed by atoms with van der Waals surface area (Å²) in [4.78, 5) is 5.36. The summed E-state index contributed by atoms with van der Waals surface area (Å²) >= 11 is 1.95. The fraction of sp³-hybridized carbons (Fsp3) is 0.500. The largest absolute Gasteiger partial charge is 0.396 e. The second kappa shape index (κ2) is 8.11. The lowest BCUT2D eigenvalue weighted by molar-refractivity contribution is 0.0545. The van der Waals surface area contributed by atoms with E-state index in [1.54, 1.807) is 0 Å². The summed E-state index contributed by atoms with van der Waals surface area (Å²) in [5, 5.41) is 12.2. The summed E-state index contributed by atoms with van der Waals surface area (Å²) in [6.07, 6.45) is 4.95. The molecule has 0 aliphatic carbocycles. The summed E-state index contributed by atoms with van der Waals surface area (Å²) in [5.74, 6) is 0.529. The lowest BCUT2D eigenvalue weighted by atomic mass is 9.94. The van der Waals surface area contributed by atoms with Crippen LogP contribution in [-0.4, -0.2) is 53.7 Å². The van der Waals surface area contributed by atoms with Gasteiger partial charge in [0.2, 0.25) is 0 Å². The van der Waals surface area contributed by atoms with Crippen LogP contribution in [0, 0.1) is 5.92 Å². The maximum Gasteiger partial charge on any atom is 0.0460 e. The predicted molar refractivity (Wildman–Crippen MR) is 119 cm³/mol. The quantitative estimate of drug-likeness (QED) is 0.693. The Labute approximate surface area is 171 Å². The molecule has 0 saturated carbocycles. The molecule has 1 N–H and O–H groups in total. The molecule has 1 aromatic heterocycles. The smallest absolute Gasteiger partial charge is 0.0460 e. The molecular weight excluding hydrogens is 364 g/mol. The van der Waals surface area contributed by atoms with Gasteiger partial charge in [0.05, 0.1) is 0 Å². The van der Waals surface area contributed by atoms with Crippen molar-refractivity contribution in [3.05, 3.63) is 48.0 Å². The van der Waals surface area contributed by atoms with Crippen molar-refractivity contribution in [1.29, 1.82) is 0 Å². The second-order valence-corrected chi connectivity index (χ2v) is 9.64. The predicted octanol–water partition coefficient (Wildman–Crippen LogP) is 4.72. The van der Waals surface area contributed by atoms with Crippen molar-refractivity contribution in [2.75, 3.05) is 32.8 Å². The zero-order valence-electron chi connectivity index (χ0n) is 16.5. The Balaban J connectivity index is 1.32. The van der Waals surface area contributed by atoms with E-state index in [1.165, 1.54) is 51.7 Å². The van der Waals surface area contributed by atoms with Crippen molar-refractivity contribution < 1.29 is 5.11 Å². The summed E-state index contributed by atoms with van der Waals surface area (Å²) in [6.45, 7) is 6.15. The van der Waals surface area contributed by atoms with Crippen molar-refractivity contribution in [3.63, 3.8) is 0 Å². The van der Waals surface area contributed by atoms with E-state index in [0.29, 0.717) is 18.6 Å². The SMILES string of the molecule is OCC1CCN([C@H]2CCCN(Cc3cccc4c3sc3ccccc34)C2)CC1. The monoisotopic (exact) mass is 394 g/mol. The minimum absolute atomic E-state index is 0.365. The van der Waals surface area contributed by atoms with Crippen LogP contribution < -0.4 is 0 Å². The van der Waals surface area contributed by atoms with Gasteiger partial charge in [-0.15, -0.1) is 11.3 Å². The molecule has 1 atom stereocenters. The van der Waals surface area contributed by atoms with Gasteiger partial charge in [-0.1, -0.05) is 36.4 Å². The molecule has 5 rings (SSSR count). The molecule has 2 aromatic carbocycles. The van der Waals surface area contributed by atoms with Crippen LogP contribution in [0.5, 0.6) is 0 Å². The fourth-order valence-corrected chi connectivity index (χ4v) is 6.35. The highest BCUT2D eigenvalue weighted by Crippen LogP contribution is 2.36. The molecule has 3 aromatic rings. The summed E-state index contributed by atoms with van der Waals surface area (Å²) < 4.78 is 2.86.